The topological polar surface area (TPSA) is 76.3 Å². The van der Waals surface area contributed by atoms with Crippen LogP contribution in [0.25, 0.3) is 0 Å². The van der Waals surface area contributed by atoms with Crippen LogP contribution in [0.15, 0.2) is 28.6 Å². The normalized spacial score (nSPS) is 18.3. The van der Waals surface area contributed by atoms with Crippen molar-refractivity contribution in [1.82, 2.24) is 4.98 Å². The monoisotopic (exact) mass is 309 g/mol. The van der Waals surface area contributed by atoms with Crippen LogP contribution in [-0.4, -0.2) is 19.4 Å². The third kappa shape index (κ3) is 1.97. The van der Waals surface area contributed by atoms with Gasteiger partial charge in [0.2, 0.25) is 0 Å². The maximum absolute atomic E-state index is 12.8. The summed E-state index contributed by atoms with van der Waals surface area (Å²) < 4.78 is 27.3. The van der Waals surface area contributed by atoms with E-state index in [-0.39, 0.29) is 10.3 Å². The molecule has 1 aromatic heterocycles. The zero-order chi connectivity index (χ0) is 14.5. The van der Waals surface area contributed by atoms with Crippen LogP contribution in [0, 0.1) is 6.92 Å². The van der Waals surface area contributed by atoms with E-state index in [1.54, 1.807) is 19.1 Å². The standard InChI is InChI=1S/C13H15N3O2S2/c1-8-5-10-6-11(14)3-4-12(10)16(8)20(17,18)13-7-15-9(2)19-13/h3-4,6-8H,5,14H2,1-2H3. The first kappa shape index (κ1) is 13.4. The van der Waals surface area contributed by atoms with Gasteiger partial charge in [-0.25, -0.2) is 13.4 Å². The molecule has 0 bridgehead atoms. The summed E-state index contributed by atoms with van der Waals surface area (Å²) in [4.78, 5) is 4.04. The van der Waals surface area contributed by atoms with E-state index < -0.39 is 10.0 Å². The van der Waals surface area contributed by atoms with Gasteiger partial charge in [-0.2, -0.15) is 0 Å². The number of sulfonamides is 1. The predicted octanol–water partition coefficient (Wildman–Crippen LogP) is 2.17. The van der Waals surface area contributed by atoms with Crippen molar-refractivity contribution in [3.05, 3.63) is 35.0 Å². The van der Waals surface area contributed by atoms with Crippen molar-refractivity contribution in [1.29, 1.82) is 0 Å². The van der Waals surface area contributed by atoms with Crippen molar-refractivity contribution in [3.63, 3.8) is 0 Å². The molecule has 0 spiro atoms. The Morgan fingerprint density at radius 2 is 2.20 bits per heavy atom. The molecule has 0 amide bonds. The maximum atomic E-state index is 12.8. The highest BCUT2D eigenvalue weighted by molar-refractivity contribution is 7.94. The van der Waals surface area contributed by atoms with E-state index in [0.29, 0.717) is 12.1 Å². The molecule has 0 saturated heterocycles. The van der Waals surface area contributed by atoms with Gasteiger partial charge in [-0.1, -0.05) is 0 Å². The minimum Gasteiger partial charge on any atom is -0.399 e. The van der Waals surface area contributed by atoms with Crippen LogP contribution in [0.1, 0.15) is 17.5 Å². The first-order chi connectivity index (χ1) is 9.39. The van der Waals surface area contributed by atoms with Crippen molar-refractivity contribution in [2.24, 2.45) is 0 Å². The summed E-state index contributed by atoms with van der Waals surface area (Å²) in [5, 5.41) is 0.743. The Morgan fingerprint density at radius 1 is 1.45 bits per heavy atom. The SMILES string of the molecule is Cc1ncc(S(=O)(=O)N2c3ccc(N)cc3CC2C)s1. The Labute approximate surface area is 122 Å². The Hall–Kier alpha value is -1.60. The van der Waals surface area contributed by atoms with E-state index >= 15 is 0 Å². The molecule has 0 saturated carbocycles. The Morgan fingerprint density at radius 3 is 2.85 bits per heavy atom. The van der Waals surface area contributed by atoms with Crippen LogP contribution in [-0.2, 0) is 16.4 Å². The summed E-state index contributed by atoms with van der Waals surface area (Å²) in [6.45, 7) is 3.70. The van der Waals surface area contributed by atoms with Crippen molar-refractivity contribution in [2.75, 3.05) is 10.0 Å². The molecule has 20 heavy (non-hydrogen) atoms. The van der Waals surface area contributed by atoms with E-state index in [4.69, 9.17) is 5.73 Å². The van der Waals surface area contributed by atoms with Gasteiger partial charge in [0.15, 0.2) is 4.21 Å². The number of aromatic nitrogens is 1. The molecule has 0 radical (unpaired) electrons. The van der Waals surface area contributed by atoms with E-state index in [1.165, 1.54) is 21.8 Å². The minimum absolute atomic E-state index is 0.112. The number of benzene rings is 1. The fourth-order valence-corrected chi connectivity index (χ4v) is 5.44. The number of nitrogens with two attached hydrogens (primary N) is 1. The second-order valence-electron chi connectivity index (χ2n) is 4.94. The number of anilines is 2. The van der Waals surface area contributed by atoms with Crippen molar-refractivity contribution < 1.29 is 8.42 Å². The molecule has 2 N–H and O–H groups in total. The number of thiazole rings is 1. The van der Waals surface area contributed by atoms with E-state index in [9.17, 15) is 8.42 Å². The van der Waals surface area contributed by atoms with Crippen LogP contribution in [0.2, 0.25) is 0 Å². The molecule has 0 aliphatic carbocycles. The highest BCUT2D eigenvalue weighted by atomic mass is 32.2. The summed E-state index contributed by atoms with van der Waals surface area (Å²) >= 11 is 1.20. The van der Waals surface area contributed by atoms with Crippen LogP contribution in [0.5, 0.6) is 0 Å². The lowest BCUT2D eigenvalue weighted by molar-refractivity contribution is 0.586. The molecule has 3 rings (SSSR count). The number of fused-ring (bicyclic) bond motifs is 1. The fourth-order valence-electron chi connectivity index (χ4n) is 2.55. The number of hydrogen-bond donors (Lipinski definition) is 1. The average Bonchev–Trinajstić information content (AvgIpc) is 2.92. The molecule has 1 atom stereocenters. The lowest BCUT2D eigenvalue weighted by Crippen LogP contribution is -2.35. The van der Waals surface area contributed by atoms with Gasteiger partial charge < -0.3 is 5.73 Å². The lowest BCUT2D eigenvalue weighted by atomic mass is 10.1. The quantitative estimate of drug-likeness (QED) is 0.863. The van der Waals surface area contributed by atoms with Gasteiger partial charge in [0.1, 0.15) is 0 Å². The molecule has 2 heterocycles. The van der Waals surface area contributed by atoms with Gasteiger partial charge in [-0.3, -0.25) is 4.31 Å². The van der Waals surface area contributed by atoms with Crippen molar-refractivity contribution in [3.8, 4) is 0 Å². The van der Waals surface area contributed by atoms with E-state index in [0.717, 1.165) is 16.3 Å². The summed E-state index contributed by atoms with van der Waals surface area (Å²) in [6, 6.07) is 5.25. The first-order valence-electron chi connectivity index (χ1n) is 6.25. The van der Waals surface area contributed by atoms with Crippen molar-refractivity contribution >= 4 is 32.7 Å². The van der Waals surface area contributed by atoms with Gasteiger partial charge in [0.25, 0.3) is 10.0 Å². The van der Waals surface area contributed by atoms with Crippen LogP contribution >= 0.6 is 11.3 Å². The minimum atomic E-state index is -3.54. The summed E-state index contributed by atoms with van der Waals surface area (Å²) in [5.41, 5.74) is 8.12. The van der Waals surface area contributed by atoms with Crippen LogP contribution < -0.4 is 10.0 Å². The van der Waals surface area contributed by atoms with Gasteiger partial charge in [0.05, 0.1) is 16.9 Å². The smallest absolute Gasteiger partial charge is 0.275 e. The highest BCUT2D eigenvalue weighted by Gasteiger charge is 2.37. The summed E-state index contributed by atoms with van der Waals surface area (Å²) in [5.74, 6) is 0. The van der Waals surface area contributed by atoms with E-state index in [2.05, 4.69) is 4.98 Å². The number of aryl methyl sites for hydroxylation is 1. The average molecular weight is 309 g/mol. The Balaban J connectivity index is 2.11. The molecule has 1 unspecified atom stereocenters. The molecular weight excluding hydrogens is 294 g/mol. The molecule has 7 heteroatoms. The number of nitrogens with zero attached hydrogens (tertiary/aromatic N) is 2. The molecule has 106 valence electrons. The molecule has 2 aromatic rings. The van der Waals surface area contributed by atoms with Gasteiger partial charge in [0, 0.05) is 11.7 Å². The molecule has 0 fully saturated rings. The zero-order valence-electron chi connectivity index (χ0n) is 11.2. The third-order valence-electron chi connectivity index (χ3n) is 3.37. The van der Waals surface area contributed by atoms with Crippen LogP contribution in [0.3, 0.4) is 0 Å². The molecule has 5 nitrogen and oxygen atoms in total. The first-order valence-corrected chi connectivity index (χ1v) is 8.50. The lowest BCUT2D eigenvalue weighted by Gasteiger charge is -2.23. The van der Waals surface area contributed by atoms with Crippen LogP contribution in [0.4, 0.5) is 11.4 Å². The molecule has 1 aliphatic rings. The number of hydrogen-bond acceptors (Lipinski definition) is 5. The fraction of sp³-hybridized carbons (Fsp3) is 0.308. The number of rotatable bonds is 2. The molecule has 1 aromatic carbocycles. The highest BCUT2D eigenvalue weighted by Crippen LogP contribution is 2.38. The van der Waals surface area contributed by atoms with Gasteiger partial charge >= 0.3 is 0 Å². The van der Waals surface area contributed by atoms with Gasteiger partial charge in [-0.15, -0.1) is 11.3 Å². The zero-order valence-corrected chi connectivity index (χ0v) is 12.8. The molecule has 1 aliphatic heterocycles. The van der Waals surface area contributed by atoms with E-state index in [1.807, 2.05) is 13.0 Å². The van der Waals surface area contributed by atoms with Crippen molar-refractivity contribution in [2.45, 2.75) is 30.5 Å². The Bertz CT molecular complexity index is 768. The Kier molecular flexibility index (Phi) is 2.98. The number of nitrogen functional groups attached to an aromatic ring is 1. The second-order valence-corrected chi connectivity index (χ2v) is 8.22. The second kappa shape index (κ2) is 4.46. The largest absolute Gasteiger partial charge is 0.399 e. The third-order valence-corrected chi connectivity index (χ3v) is 6.65. The maximum Gasteiger partial charge on any atom is 0.275 e. The summed E-state index contributed by atoms with van der Waals surface area (Å²) in [6.07, 6.45) is 2.11. The van der Waals surface area contributed by atoms with Gasteiger partial charge in [-0.05, 0) is 44.0 Å². The predicted molar refractivity (Wildman–Crippen MR) is 80.5 cm³/mol. The molecular formula is C13H15N3O2S2. The summed E-state index contributed by atoms with van der Waals surface area (Å²) in [7, 11) is -3.54.